The molecule has 144 valence electrons. The molecule has 1 aromatic rings. The van der Waals surface area contributed by atoms with E-state index >= 15 is 0 Å². The summed E-state index contributed by atoms with van der Waals surface area (Å²) in [6, 6.07) is 10.9. The Balaban J connectivity index is 0.000000504. The monoisotopic (exact) mass is 399 g/mol. The first kappa shape index (κ1) is 24.9. The lowest BCUT2D eigenvalue weighted by molar-refractivity contribution is 0.338. The number of nitrogens with zero attached hydrogens (tertiary/aromatic N) is 1. The van der Waals surface area contributed by atoms with E-state index in [9.17, 15) is 0 Å². The van der Waals surface area contributed by atoms with Crippen LogP contribution >= 0.6 is 33.2 Å². The zero-order chi connectivity index (χ0) is 19.5. The van der Waals surface area contributed by atoms with Crippen molar-refractivity contribution in [3.8, 4) is 0 Å². The van der Waals surface area contributed by atoms with Crippen molar-refractivity contribution in [1.82, 2.24) is 4.90 Å². The Morgan fingerprint density at radius 3 is 2.00 bits per heavy atom. The largest absolute Gasteiger partial charge is 0.358 e. The molecule has 3 atom stereocenters. The third-order valence-corrected chi connectivity index (χ3v) is 5.85. The first-order chi connectivity index (χ1) is 11.7. The molecule has 0 heterocycles. The summed E-state index contributed by atoms with van der Waals surface area (Å²) in [5.74, 6) is 1.73. The van der Waals surface area contributed by atoms with Crippen LogP contribution in [0.3, 0.4) is 0 Å². The van der Waals surface area contributed by atoms with Gasteiger partial charge in [-0.25, -0.2) is 0 Å². The molecule has 1 rings (SSSR count). The van der Waals surface area contributed by atoms with Gasteiger partial charge in [0.05, 0.1) is 0 Å². The molecular weight excluding hydrogens is 361 g/mol. The molecule has 0 radical (unpaired) electrons. The van der Waals surface area contributed by atoms with Crippen LogP contribution in [0.2, 0.25) is 0 Å². The Morgan fingerprint density at radius 1 is 1.12 bits per heavy atom. The van der Waals surface area contributed by atoms with Gasteiger partial charge in [-0.1, -0.05) is 88.9 Å². The molecule has 0 saturated carbocycles. The maximum atomic E-state index is 5.16. The van der Waals surface area contributed by atoms with Crippen molar-refractivity contribution in [3.05, 3.63) is 35.9 Å². The fourth-order valence-electron chi connectivity index (χ4n) is 2.66. The van der Waals surface area contributed by atoms with Gasteiger partial charge in [0.25, 0.3) is 0 Å². The van der Waals surface area contributed by atoms with Gasteiger partial charge < -0.3 is 4.90 Å². The van der Waals surface area contributed by atoms with Crippen LogP contribution in [0, 0.1) is 5.41 Å². The van der Waals surface area contributed by atoms with E-state index in [1.54, 1.807) is 11.8 Å². The van der Waals surface area contributed by atoms with Gasteiger partial charge in [-0.15, -0.1) is 9.24 Å². The van der Waals surface area contributed by atoms with Crippen molar-refractivity contribution < 1.29 is 0 Å². The normalized spacial score (nSPS) is 13.4. The quantitative estimate of drug-likeness (QED) is 0.381. The van der Waals surface area contributed by atoms with Gasteiger partial charge in [-0.2, -0.15) is 0 Å². The van der Waals surface area contributed by atoms with Gasteiger partial charge in [0.2, 0.25) is 0 Å². The van der Waals surface area contributed by atoms with E-state index < -0.39 is 0 Å². The molecule has 0 bridgehead atoms. The lowest BCUT2D eigenvalue weighted by Gasteiger charge is -2.29. The van der Waals surface area contributed by atoms with Crippen molar-refractivity contribution in [2.45, 2.75) is 66.5 Å². The second kappa shape index (κ2) is 13.1. The van der Waals surface area contributed by atoms with Gasteiger partial charge in [-0.05, 0) is 48.6 Å². The molecular formula is C21H38NPS2. The van der Waals surface area contributed by atoms with Gasteiger partial charge in [-0.3, -0.25) is 0 Å². The van der Waals surface area contributed by atoms with Gasteiger partial charge in [0.15, 0.2) is 0 Å². The summed E-state index contributed by atoms with van der Waals surface area (Å²) in [6.07, 6.45) is 1.24. The first-order valence-electron chi connectivity index (χ1n) is 9.38. The van der Waals surface area contributed by atoms with Crippen molar-refractivity contribution in [1.29, 1.82) is 0 Å². The Labute approximate surface area is 168 Å². The van der Waals surface area contributed by atoms with Crippen LogP contribution in [-0.4, -0.2) is 33.7 Å². The average Bonchev–Trinajstić information content (AvgIpc) is 2.54. The summed E-state index contributed by atoms with van der Waals surface area (Å²) in [7, 11) is 2.95. The summed E-state index contributed by atoms with van der Waals surface area (Å²) < 4.78 is 1.03. The van der Waals surface area contributed by atoms with E-state index in [-0.39, 0.29) is 0 Å². The maximum absolute atomic E-state index is 5.16. The van der Waals surface area contributed by atoms with Crippen molar-refractivity contribution in [3.63, 3.8) is 0 Å². The van der Waals surface area contributed by atoms with Gasteiger partial charge in [0.1, 0.15) is 4.32 Å². The number of thioether (sulfide) groups is 1. The highest BCUT2D eigenvalue weighted by Gasteiger charge is 2.22. The van der Waals surface area contributed by atoms with Crippen LogP contribution in [0.4, 0.5) is 0 Å². The highest BCUT2D eigenvalue weighted by atomic mass is 32.2. The summed E-state index contributed by atoms with van der Waals surface area (Å²) >= 11 is 6.91. The molecule has 0 spiro atoms. The standard InChI is InChI=1S/C14H23P.C7H15NS2/c1-11(15)13(10-14(2,3)4)12-8-6-5-7-9-12;1-4-8(5-2)7(9)10-6-3/h5-9,11,13H,10,15H2,1-4H3;4-6H2,1-3H3. The predicted molar refractivity (Wildman–Crippen MR) is 126 cm³/mol. The lowest BCUT2D eigenvalue weighted by atomic mass is 9.80. The van der Waals surface area contributed by atoms with E-state index in [2.05, 4.69) is 92.9 Å². The summed E-state index contributed by atoms with van der Waals surface area (Å²) in [6.45, 7) is 17.7. The van der Waals surface area contributed by atoms with Crippen LogP contribution in [-0.2, 0) is 0 Å². The minimum Gasteiger partial charge on any atom is -0.358 e. The van der Waals surface area contributed by atoms with E-state index in [1.807, 2.05) is 0 Å². The van der Waals surface area contributed by atoms with Gasteiger partial charge in [0, 0.05) is 13.1 Å². The van der Waals surface area contributed by atoms with Crippen LogP contribution in [0.25, 0.3) is 0 Å². The fourth-order valence-corrected chi connectivity index (χ4v) is 4.32. The highest BCUT2D eigenvalue weighted by molar-refractivity contribution is 8.22. The number of hydrogen-bond donors (Lipinski definition) is 0. The number of rotatable bonds is 6. The average molecular weight is 400 g/mol. The molecule has 0 fully saturated rings. The molecule has 0 amide bonds. The highest BCUT2D eigenvalue weighted by Crippen LogP contribution is 2.36. The van der Waals surface area contributed by atoms with Crippen LogP contribution in [0.5, 0.6) is 0 Å². The minimum absolute atomic E-state index is 0.394. The third kappa shape index (κ3) is 11.3. The zero-order valence-corrected chi connectivity index (χ0v) is 20.0. The number of thiocarbonyl (C=S) groups is 1. The Kier molecular flexibility index (Phi) is 13.1. The van der Waals surface area contributed by atoms with E-state index in [0.717, 1.165) is 23.2 Å². The van der Waals surface area contributed by atoms with Crippen molar-refractivity contribution in [2.75, 3.05) is 18.8 Å². The molecule has 3 unspecified atom stereocenters. The predicted octanol–water partition coefficient (Wildman–Crippen LogP) is 6.84. The van der Waals surface area contributed by atoms with Crippen molar-refractivity contribution in [2.24, 2.45) is 5.41 Å². The van der Waals surface area contributed by atoms with E-state index in [4.69, 9.17) is 12.2 Å². The summed E-state index contributed by atoms with van der Waals surface area (Å²) in [4.78, 5) is 2.20. The molecule has 0 saturated heterocycles. The molecule has 1 nitrogen and oxygen atoms in total. The maximum Gasteiger partial charge on any atom is 0.136 e. The minimum atomic E-state index is 0.394. The topological polar surface area (TPSA) is 3.24 Å². The van der Waals surface area contributed by atoms with Crippen molar-refractivity contribution >= 4 is 37.5 Å². The fraction of sp³-hybridized carbons (Fsp3) is 0.667. The lowest BCUT2D eigenvalue weighted by Crippen LogP contribution is -2.26. The Hall–Kier alpha value is -0.110. The van der Waals surface area contributed by atoms with Crippen LogP contribution < -0.4 is 0 Å². The van der Waals surface area contributed by atoms with Gasteiger partial charge >= 0.3 is 0 Å². The smallest absolute Gasteiger partial charge is 0.136 e. The molecule has 4 heteroatoms. The third-order valence-electron chi connectivity index (χ3n) is 3.98. The van der Waals surface area contributed by atoms with E-state index in [0.29, 0.717) is 17.0 Å². The molecule has 1 aromatic carbocycles. The molecule has 0 N–H and O–H groups in total. The zero-order valence-electron chi connectivity index (χ0n) is 17.2. The summed E-state index contributed by atoms with van der Waals surface area (Å²) in [5, 5.41) is 0. The second-order valence-corrected chi connectivity index (χ2v) is 10.5. The molecule has 25 heavy (non-hydrogen) atoms. The summed E-state index contributed by atoms with van der Waals surface area (Å²) in [5.41, 5.74) is 2.49. The Bertz CT molecular complexity index is 465. The first-order valence-corrected chi connectivity index (χ1v) is 11.4. The molecule has 0 aromatic heterocycles. The molecule has 0 aliphatic heterocycles. The number of benzene rings is 1. The van der Waals surface area contributed by atoms with E-state index in [1.165, 1.54) is 12.0 Å². The second-order valence-electron chi connectivity index (χ2n) is 7.51. The Morgan fingerprint density at radius 2 is 1.64 bits per heavy atom. The molecule has 0 aliphatic carbocycles. The number of hydrogen-bond acceptors (Lipinski definition) is 2. The molecule has 0 aliphatic rings. The van der Waals surface area contributed by atoms with Crippen LogP contribution in [0.1, 0.15) is 66.4 Å². The van der Waals surface area contributed by atoms with Crippen LogP contribution in [0.15, 0.2) is 30.3 Å². The SMILES string of the molecule is CC(P)C(CC(C)(C)C)c1ccccc1.CCSC(=S)N(CC)CC.